The summed E-state index contributed by atoms with van der Waals surface area (Å²) in [5.74, 6) is 1.86. The molecular weight excluding hydrogens is 344 g/mol. The quantitative estimate of drug-likeness (QED) is 0.562. The highest BCUT2D eigenvalue weighted by Crippen LogP contribution is 2.51. The number of hydrogen-bond donors (Lipinski definition) is 1. The number of ether oxygens (including phenoxy) is 1. The second-order valence-electron chi connectivity index (χ2n) is 9.73. The maximum atomic E-state index is 11.0. The van der Waals surface area contributed by atoms with Gasteiger partial charge in [0.05, 0.1) is 5.56 Å². The average Bonchev–Trinajstić information content (AvgIpc) is 2.59. The van der Waals surface area contributed by atoms with Gasteiger partial charge in [0.25, 0.3) is 0 Å². The molecule has 28 heavy (non-hydrogen) atoms. The Hall–Kier alpha value is -1.96. The van der Waals surface area contributed by atoms with Crippen LogP contribution in [0.15, 0.2) is 30.3 Å². The number of hydrogen-bond acceptors (Lipinski definition) is 2. The molecule has 0 spiro atoms. The second kappa shape index (κ2) is 7.46. The minimum Gasteiger partial charge on any atom is -0.507 e. The molecule has 3 rings (SSSR count). The first-order valence-corrected chi connectivity index (χ1v) is 10.8. The van der Waals surface area contributed by atoms with Crippen LogP contribution in [0.1, 0.15) is 83.9 Å². The van der Waals surface area contributed by atoms with E-state index in [0.29, 0.717) is 5.75 Å². The van der Waals surface area contributed by atoms with E-state index in [-0.39, 0.29) is 5.41 Å². The van der Waals surface area contributed by atoms with E-state index in [0.717, 1.165) is 41.2 Å². The molecule has 2 aromatic carbocycles. The van der Waals surface area contributed by atoms with Gasteiger partial charge in [0.1, 0.15) is 17.1 Å². The van der Waals surface area contributed by atoms with E-state index in [1.807, 2.05) is 6.07 Å². The molecule has 1 unspecified atom stereocenters. The summed E-state index contributed by atoms with van der Waals surface area (Å²) in [5, 5.41) is 11.0. The Labute approximate surface area is 170 Å². The Bertz CT molecular complexity index is 863. The summed E-state index contributed by atoms with van der Waals surface area (Å²) in [7, 11) is 0. The molecule has 1 N–H and O–H groups in total. The van der Waals surface area contributed by atoms with Gasteiger partial charge in [-0.1, -0.05) is 64.3 Å². The zero-order chi connectivity index (χ0) is 20.7. The topological polar surface area (TPSA) is 29.5 Å². The molecule has 0 aromatic heterocycles. The van der Waals surface area contributed by atoms with Crippen LogP contribution in [0.2, 0.25) is 0 Å². The van der Waals surface area contributed by atoms with Crippen molar-refractivity contribution in [1.29, 1.82) is 0 Å². The van der Waals surface area contributed by atoms with Gasteiger partial charge in [0, 0.05) is 5.56 Å². The number of phenols is 1. The fourth-order valence-electron chi connectivity index (χ4n) is 4.45. The lowest BCUT2D eigenvalue weighted by molar-refractivity contribution is 0.105. The first kappa shape index (κ1) is 20.8. The predicted molar refractivity (Wildman–Crippen MR) is 118 cm³/mol. The highest BCUT2D eigenvalue weighted by Gasteiger charge is 2.36. The maximum absolute atomic E-state index is 11.0. The lowest BCUT2D eigenvalue weighted by Gasteiger charge is -2.37. The predicted octanol–water partition coefficient (Wildman–Crippen LogP) is 7.49. The van der Waals surface area contributed by atoms with Crippen LogP contribution < -0.4 is 4.74 Å². The highest BCUT2D eigenvalue weighted by molar-refractivity contribution is 5.82. The van der Waals surface area contributed by atoms with Crippen molar-refractivity contribution in [3.63, 3.8) is 0 Å². The Kier molecular flexibility index (Phi) is 5.53. The third-order valence-electron chi connectivity index (χ3n) is 6.53. The lowest BCUT2D eigenvalue weighted by atomic mass is 9.74. The van der Waals surface area contributed by atoms with Crippen LogP contribution >= 0.6 is 0 Å². The van der Waals surface area contributed by atoms with Crippen molar-refractivity contribution in [2.45, 2.75) is 85.2 Å². The molecule has 0 saturated heterocycles. The molecule has 0 bridgehead atoms. The van der Waals surface area contributed by atoms with Crippen molar-refractivity contribution in [2.75, 3.05) is 0 Å². The zero-order valence-electron chi connectivity index (χ0n) is 18.6. The van der Waals surface area contributed by atoms with Gasteiger partial charge in [-0.2, -0.15) is 0 Å². The van der Waals surface area contributed by atoms with Crippen LogP contribution in [-0.2, 0) is 11.0 Å². The van der Waals surface area contributed by atoms with Crippen LogP contribution in [0.25, 0.3) is 11.1 Å². The number of phenolic OH excluding ortho intramolecular Hbond substituents is 1. The normalized spacial score (nSPS) is 16.9. The third-order valence-corrected chi connectivity index (χ3v) is 6.53. The number of aromatic hydroxyl groups is 1. The van der Waals surface area contributed by atoms with E-state index in [1.54, 1.807) is 0 Å². The van der Waals surface area contributed by atoms with Crippen LogP contribution in [0.3, 0.4) is 0 Å². The lowest BCUT2D eigenvalue weighted by Crippen LogP contribution is -2.30. The molecule has 152 valence electrons. The fourth-order valence-corrected chi connectivity index (χ4v) is 4.45. The average molecular weight is 381 g/mol. The SMILES string of the molecule is CCC(C)(CCCC(C)C)c1cc(O)c2c(c1)OC(C)(C)c1ccc(C)cc1-2. The molecule has 1 atom stereocenters. The zero-order valence-corrected chi connectivity index (χ0v) is 18.6. The Balaban J connectivity index is 2.07. The molecule has 0 amide bonds. The number of aryl methyl sites for hydroxylation is 1. The molecule has 0 radical (unpaired) electrons. The third kappa shape index (κ3) is 3.79. The minimum atomic E-state index is -0.415. The van der Waals surface area contributed by atoms with Crippen LogP contribution in [0, 0.1) is 12.8 Å². The second-order valence-corrected chi connectivity index (χ2v) is 9.73. The summed E-state index contributed by atoms with van der Waals surface area (Å²) in [6.07, 6.45) is 4.61. The standard InChI is InChI=1S/C26H36O2/c1-8-26(7,13-9-10-17(2)3)19-15-22(27)24-20-14-18(4)11-12-21(20)25(5,6)28-23(24)16-19/h11-12,14-17,27H,8-10,13H2,1-7H3. The van der Waals surface area contributed by atoms with Crippen molar-refractivity contribution in [1.82, 2.24) is 0 Å². The monoisotopic (exact) mass is 380 g/mol. The first-order valence-electron chi connectivity index (χ1n) is 10.8. The summed E-state index contributed by atoms with van der Waals surface area (Å²) in [4.78, 5) is 0. The Morgan fingerprint density at radius 3 is 2.50 bits per heavy atom. The number of fused-ring (bicyclic) bond motifs is 3. The maximum Gasteiger partial charge on any atom is 0.132 e. The van der Waals surface area contributed by atoms with E-state index in [9.17, 15) is 5.11 Å². The van der Waals surface area contributed by atoms with E-state index in [1.165, 1.54) is 24.0 Å². The van der Waals surface area contributed by atoms with Gasteiger partial charge in [0.2, 0.25) is 0 Å². The molecular formula is C26H36O2. The molecule has 2 nitrogen and oxygen atoms in total. The smallest absolute Gasteiger partial charge is 0.132 e. The molecule has 2 heteroatoms. The first-order chi connectivity index (χ1) is 13.1. The molecule has 1 aliphatic rings. The Morgan fingerprint density at radius 1 is 1.14 bits per heavy atom. The van der Waals surface area contributed by atoms with Crippen LogP contribution in [0.4, 0.5) is 0 Å². The van der Waals surface area contributed by atoms with Gasteiger partial charge in [-0.3, -0.25) is 0 Å². The molecule has 1 aliphatic heterocycles. The van der Waals surface area contributed by atoms with Crippen LogP contribution in [0.5, 0.6) is 11.5 Å². The highest BCUT2D eigenvalue weighted by atomic mass is 16.5. The summed E-state index contributed by atoms with van der Waals surface area (Å²) < 4.78 is 6.43. The number of rotatable bonds is 6. The van der Waals surface area contributed by atoms with Gasteiger partial charge in [-0.25, -0.2) is 0 Å². The fraction of sp³-hybridized carbons (Fsp3) is 0.538. The van der Waals surface area contributed by atoms with Crippen molar-refractivity contribution < 1.29 is 9.84 Å². The van der Waals surface area contributed by atoms with Gasteiger partial charge in [-0.15, -0.1) is 0 Å². The Morgan fingerprint density at radius 2 is 1.86 bits per heavy atom. The van der Waals surface area contributed by atoms with Crippen molar-refractivity contribution in [3.05, 3.63) is 47.0 Å². The molecule has 0 aliphatic carbocycles. The largest absolute Gasteiger partial charge is 0.507 e. The van der Waals surface area contributed by atoms with Gasteiger partial charge in [-0.05, 0) is 68.2 Å². The van der Waals surface area contributed by atoms with Gasteiger partial charge < -0.3 is 9.84 Å². The number of benzene rings is 2. The molecule has 0 saturated carbocycles. The minimum absolute atomic E-state index is 0.0434. The van der Waals surface area contributed by atoms with Crippen molar-refractivity contribution >= 4 is 0 Å². The van der Waals surface area contributed by atoms with E-state index >= 15 is 0 Å². The summed E-state index contributed by atoms with van der Waals surface area (Å²) in [6.45, 7) is 15.4. The van der Waals surface area contributed by atoms with Crippen molar-refractivity contribution in [3.8, 4) is 22.6 Å². The molecule has 2 aromatic rings. The summed E-state index contributed by atoms with van der Waals surface area (Å²) >= 11 is 0. The molecule has 1 heterocycles. The van der Waals surface area contributed by atoms with Crippen molar-refractivity contribution in [2.24, 2.45) is 5.92 Å². The van der Waals surface area contributed by atoms with Crippen LogP contribution in [-0.4, -0.2) is 5.11 Å². The molecule has 0 fully saturated rings. The van der Waals surface area contributed by atoms with E-state index in [4.69, 9.17) is 4.74 Å². The summed E-state index contributed by atoms with van der Waals surface area (Å²) in [5.41, 5.74) is 5.06. The summed E-state index contributed by atoms with van der Waals surface area (Å²) in [6, 6.07) is 10.6. The van der Waals surface area contributed by atoms with E-state index in [2.05, 4.69) is 72.7 Å². The van der Waals surface area contributed by atoms with Gasteiger partial charge in [0.15, 0.2) is 0 Å². The van der Waals surface area contributed by atoms with Gasteiger partial charge >= 0.3 is 0 Å². The van der Waals surface area contributed by atoms with E-state index < -0.39 is 5.60 Å².